The highest BCUT2D eigenvalue weighted by atomic mass is 35.5. The number of rotatable bonds is 6. The summed E-state index contributed by atoms with van der Waals surface area (Å²) in [6.07, 6.45) is 0.679. The summed E-state index contributed by atoms with van der Waals surface area (Å²) in [5, 5.41) is -0.129. The van der Waals surface area contributed by atoms with Crippen LogP contribution in [0.1, 0.15) is 24.2 Å². The van der Waals surface area contributed by atoms with Crippen molar-refractivity contribution in [2.24, 2.45) is 0 Å². The molecule has 0 unspecified atom stereocenters. The first-order valence-electron chi connectivity index (χ1n) is 5.46. The third-order valence-corrected chi connectivity index (χ3v) is 4.90. The second-order valence-corrected chi connectivity index (χ2v) is 7.16. The fourth-order valence-corrected chi connectivity index (χ4v) is 2.24. The average molecular weight is 291 g/mol. The Kier molecular flexibility index (Phi) is 5.16. The Morgan fingerprint density at radius 2 is 2.06 bits per heavy atom. The highest BCUT2D eigenvalue weighted by Crippen LogP contribution is 2.24. The van der Waals surface area contributed by atoms with Gasteiger partial charge in [0, 0.05) is 5.56 Å². The van der Waals surface area contributed by atoms with Crippen LogP contribution in [0.3, 0.4) is 0 Å². The van der Waals surface area contributed by atoms with E-state index in [1.54, 1.807) is 26.0 Å². The molecule has 0 fully saturated rings. The molecule has 0 spiro atoms. The number of aldehydes is 1. The van der Waals surface area contributed by atoms with Gasteiger partial charge in [-0.25, -0.2) is 8.42 Å². The van der Waals surface area contributed by atoms with Gasteiger partial charge in [0.25, 0.3) is 0 Å². The van der Waals surface area contributed by atoms with E-state index in [9.17, 15) is 13.2 Å². The maximum atomic E-state index is 11.5. The van der Waals surface area contributed by atoms with E-state index in [-0.39, 0.29) is 12.4 Å². The quantitative estimate of drug-likeness (QED) is 0.755. The zero-order chi connectivity index (χ0) is 13.8. The third-order valence-electron chi connectivity index (χ3n) is 2.44. The van der Waals surface area contributed by atoms with Gasteiger partial charge in [0.2, 0.25) is 0 Å². The monoisotopic (exact) mass is 290 g/mol. The lowest BCUT2D eigenvalue weighted by Crippen LogP contribution is -2.22. The minimum atomic E-state index is -3.12. The van der Waals surface area contributed by atoms with Crippen LogP contribution >= 0.6 is 11.6 Å². The molecule has 0 aromatic heterocycles. The van der Waals surface area contributed by atoms with Crippen LogP contribution in [-0.4, -0.2) is 32.3 Å². The van der Waals surface area contributed by atoms with E-state index >= 15 is 0 Å². The lowest BCUT2D eigenvalue weighted by molar-refractivity contribution is 0.112. The molecular weight excluding hydrogens is 276 g/mol. The van der Waals surface area contributed by atoms with Crippen LogP contribution in [0.5, 0.6) is 5.75 Å². The molecule has 1 rings (SSSR count). The maximum absolute atomic E-state index is 11.5. The molecule has 1 aromatic carbocycles. The molecule has 1 aromatic rings. The van der Waals surface area contributed by atoms with Gasteiger partial charge < -0.3 is 4.74 Å². The Morgan fingerprint density at radius 3 is 2.56 bits per heavy atom. The second kappa shape index (κ2) is 6.20. The van der Waals surface area contributed by atoms with Gasteiger partial charge in [0.05, 0.1) is 16.0 Å². The number of sulfone groups is 1. The summed E-state index contributed by atoms with van der Waals surface area (Å²) >= 11 is 5.89. The lowest BCUT2D eigenvalue weighted by Gasteiger charge is -2.10. The molecule has 0 aliphatic rings. The van der Waals surface area contributed by atoms with Gasteiger partial charge in [-0.2, -0.15) is 0 Å². The summed E-state index contributed by atoms with van der Waals surface area (Å²) in [6.45, 7) is 3.29. The molecule has 0 heterocycles. The molecule has 0 atom stereocenters. The molecule has 6 heteroatoms. The molecule has 0 saturated heterocycles. The van der Waals surface area contributed by atoms with Crippen molar-refractivity contribution in [2.75, 3.05) is 12.4 Å². The van der Waals surface area contributed by atoms with Crippen molar-refractivity contribution >= 4 is 27.7 Å². The van der Waals surface area contributed by atoms with Gasteiger partial charge in [-0.05, 0) is 32.0 Å². The molecule has 0 aliphatic heterocycles. The molecule has 4 nitrogen and oxygen atoms in total. The number of hydrogen-bond donors (Lipinski definition) is 0. The lowest BCUT2D eigenvalue weighted by atomic mass is 10.2. The van der Waals surface area contributed by atoms with Crippen molar-refractivity contribution in [3.8, 4) is 5.75 Å². The smallest absolute Gasteiger partial charge is 0.155 e. The number of carbonyl (C=O) groups excluding carboxylic acids is 1. The van der Waals surface area contributed by atoms with Crippen molar-refractivity contribution in [2.45, 2.75) is 19.1 Å². The summed E-state index contributed by atoms with van der Waals surface area (Å²) in [4.78, 5) is 10.5. The molecular formula is C12H15ClO4S. The van der Waals surface area contributed by atoms with E-state index in [2.05, 4.69) is 0 Å². The van der Waals surface area contributed by atoms with Crippen LogP contribution in [0, 0.1) is 0 Å². The minimum absolute atomic E-state index is 0.0423. The average Bonchev–Trinajstić information content (AvgIpc) is 2.30. The first-order valence-corrected chi connectivity index (χ1v) is 7.55. The standard InChI is InChI=1S/C12H15ClO4S/c1-9(2)18(15,16)6-5-17-12-4-3-10(8-14)7-11(12)13/h3-4,7-9H,5-6H2,1-2H3. The van der Waals surface area contributed by atoms with Gasteiger partial charge >= 0.3 is 0 Å². The van der Waals surface area contributed by atoms with Gasteiger partial charge in [-0.15, -0.1) is 0 Å². The summed E-state index contributed by atoms with van der Waals surface area (Å²) < 4.78 is 28.4. The summed E-state index contributed by atoms with van der Waals surface area (Å²) in [5.74, 6) is 0.317. The second-order valence-electron chi connectivity index (χ2n) is 4.07. The van der Waals surface area contributed by atoms with Crippen LogP contribution < -0.4 is 4.74 Å². The topological polar surface area (TPSA) is 60.4 Å². The van der Waals surface area contributed by atoms with Gasteiger partial charge in [0.1, 0.15) is 18.6 Å². The molecule has 100 valence electrons. The van der Waals surface area contributed by atoms with E-state index in [1.165, 1.54) is 6.07 Å². The van der Waals surface area contributed by atoms with E-state index in [0.29, 0.717) is 22.6 Å². The zero-order valence-electron chi connectivity index (χ0n) is 10.2. The molecule has 0 radical (unpaired) electrons. The van der Waals surface area contributed by atoms with Crippen molar-refractivity contribution in [1.82, 2.24) is 0 Å². The summed E-state index contributed by atoms with van der Waals surface area (Å²) in [6, 6.07) is 4.58. The van der Waals surface area contributed by atoms with Crippen LogP contribution in [0.4, 0.5) is 0 Å². The van der Waals surface area contributed by atoms with E-state index in [4.69, 9.17) is 16.3 Å². The van der Waals surface area contributed by atoms with Crippen LogP contribution in [0.25, 0.3) is 0 Å². The van der Waals surface area contributed by atoms with Crippen molar-refractivity contribution in [3.05, 3.63) is 28.8 Å². The van der Waals surface area contributed by atoms with Gasteiger partial charge in [-0.1, -0.05) is 11.6 Å². The van der Waals surface area contributed by atoms with E-state index in [1.807, 2.05) is 0 Å². The third kappa shape index (κ3) is 3.99. The van der Waals surface area contributed by atoms with E-state index < -0.39 is 15.1 Å². The van der Waals surface area contributed by atoms with Crippen molar-refractivity contribution < 1.29 is 17.9 Å². The molecule has 0 saturated carbocycles. The fraction of sp³-hybridized carbons (Fsp3) is 0.417. The fourth-order valence-electron chi connectivity index (χ4n) is 1.21. The Morgan fingerprint density at radius 1 is 1.39 bits per heavy atom. The molecule has 0 N–H and O–H groups in total. The first-order chi connectivity index (χ1) is 8.36. The van der Waals surface area contributed by atoms with Crippen LogP contribution in [0.15, 0.2) is 18.2 Å². The number of hydrogen-bond acceptors (Lipinski definition) is 4. The zero-order valence-corrected chi connectivity index (χ0v) is 11.8. The first kappa shape index (κ1) is 15.0. The number of ether oxygens (including phenoxy) is 1. The van der Waals surface area contributed by atoms with Crippen molar-refractivity contribution in [1.29, 1.82) is 0 Å². The van der Waals surface area contributed by atoms with Crippen LogP contribution in [-0.2, 0) is 9.84 Å². The summed E-state index contributed by atoms with van der Waals surface area (Å²) in [7, 11) is -3.12. The Hall–Kier alpha value is -1.07. The number of benzene rings is 1. The normalized spacial score (nSPS) is 11.6. The summed E-state index contributed by atoms with van der Waals surface area (Å²) in [5.41, 5.74) is 0.446. The minimum Gasteiger partial charge on any atom is -0.491 e. The maximum Gasteiger partial charge on any atom is 0.155 e. The largest absolute Gasteiger partial charge is 0.491 e. The predicted molar refractivity (Wildman–Crippen MR) is 71.3 cm³/mol. The SMILES string of the molecule is CC(C)S(=O)(=O)CCOc1ccc(C=O)cc1Cl. The van der Waals surface area contributed by atoms with E-state index in [0.717, 1.165) is 0 Å². The molecule has 0 aliphatic carbocycles. The van der Waals surface area contributed by atoms with Gasteiger partial charge in [0.15, 0.2) is 9.84 Å². The molecule has 0 bridgehead atoms. The highest BCUT2D eigenvalue weighted by molar-refractivity contribution is 7.91. The van der Waals surface area contributed by atoms with Gasteiger partial charge in [-0.3, -0.25) is 4.79 Å². The Labute approximate surface area is 112 Å². The van der Waals surface area contributed by atoms with Crippen LogP contribution in [0.2, 0.25) is 5.02 Å². The van der Waals surface area contributed by atoms with Crippen molar-refractivity contribution in [3.63, 3.8) is 0 Å². The Bertz CT molecular complexity index is 523. The number of carbonyl (C=O) groups is 1. The molecule has 18 heavy (non-hydrogen) atoms. The Balaban J connectivity index is 2.62. The number of halogens is 1. The highest BCUT2D eigenvalue weighted by Gasteiger charge is 2.16. The predicted octanol–water partition coefficient (Wildman–Crippen LogP) is 2.35. The molecule has 0 amide bonds.